The van der Waals surface area contributed by atoms with Gasteiger partial charge in [-0.2, -0.15) is 0 Å². The highest BCUT2D eigenvalue weighted by Gasteiger charge is 2.48. The molecule has 2 saturated carbocycles. The normalized spacial score (nSPS) is 33.3. The Morgan fingerprint density at radius 3 is 2.47 bits per heavy atom. The summed E-state index contributed by atoms with van der Waals surface area (Å²) in [5.41, 5.74) is 0. The molecule has 3 unspecified atom stereocenters. The molecule has 2 amide bonds. The van der Waals surface area contributed by atoms with Crippen molar-refractivity contribution in [3.05, 3.63) is 0 Å². The van der Waals surface area contributed by atoms with Crippen LogP contribution in [0.15, 0.2) is 0 Å². The summed E-state index contributed by atoms with van der Waals surface area (Å²) in [6.45, 7) is 4.10. The van der Waals surface area contributed by atoms with Gasteiger partial charge < -0.3 is 10.2 Å². The van der Waals surface area contributed by atoms with Gasteiger partial charge in [0.15, 0.2) is 0 Å². The highest BCUT2D eigenvalue weighted by atomic mass is 16.2. The van der Waals surface area contributed by atoms with Gasteiger partial charge in [0.2, 0.25) is 11.8 Å². The summed E-state index contributed by atoms with van der Waals surface area (Å²) in [5.74, 6) is 1.40. The molecule has 106 valence electrons. The Balaban J connectivity index is 1.77. The van der Waals surface area contributed by atoms with Crippen LogP contribution in [0.1, 0.15) is 52.4 Å². The summed E-state index contributed by atoms with van der Waals surface area (Å²) in [4.78, 5) is 26.8. The zero-order valence-electron chi connectivity index (χ0n) is 11.9. The van der Waals surface area contributed by atoms with Gasteiger partial charge in [0.05, 0.1) is 0 Å². The fourth-order valence-electron chi connectivity index (χ4n) is 3.36. The Morgan fingerprint density at radius 2 is 1.95 bits per heavy atom. The van der Waals surface area contributed by atoms with Crippen LogP contribution < -0.4 is 5.32 Å². The number of rotatable bonds is 5. The molecule has 1 aliphatic heterocycles. The molecule has 0 bridgehead atoms. The van der Waals surface area contributed by atoms with Crippen LogP contribution in [-0.2, 0) is 9.59 Å². The molecule has 3 fully saturated rings. The first-order valence-electron chi connectivity index (χ1n) is 7.74. The molecular formula is C15H24N2O2. The smallest absolute Gasteiger partial charge is 0.246 e. The van der Waals surface area contributed by atoms with E-state index < -0.39 is 0 Å². The zero-order valence-corrected chi connectivity index (χ0v) is 11.9. The van der Waals surface area contributed by atoms with Crippen LogP contribution >= 0.6 is 0 Å². The lowest BCUT2D eigenvalue weighted by molar-refractivity contribution is -0.152. The van der Waals surface area contributed by atoms with Gasteiger partial charge >= 0.3 is 0 Å². The van der Waals surface area contributed by atoms with Gasteiger partial charge in [-0.1, -0.05) is 19.8 Å². The molecule has 0 aromatic heterocycles. The van der Waals surface area contributed by atoms with Gasteiger partial charge in [0, 0.05) is 6.04 Å². The maximum Gasteiger partial charge on any atom is 0.246 e. The number of nitrogens with one attached hydrogen (secondary N) is 1. The van der Waals surface area contributed by atoms with Crippen LogP contribution in [0.25, 0.3) is 0 Å². The number of carbonyl (C=O) groups is 2. The van der Waals surface area contributed by atoms with E-state index in [1.165, 1.54) is 12.8 Å². The molecule has 1 N–H and O–H groups in total. The summed E-state index contributed by atoms with van der Waals surface area (Å²) in [7, 11) is 0. The summed E-state index contributed by atoms with van der Waals surface area (Å²) in [6, 6.07) is -0.287. The average Bonchev–Trinajstić information content (AvgIpc) is 3.23. The van der Waals surface area contributed by atoms with Crippen LogP contribution in [0.2, 0.25) is 0 Å². The molecule has 3 rings (SSSR count). The van der Waals surface area contributed by atoms with Crippen molar-refractivity contribution >= 4 is 11.8 Å². The number of hydrogen-bond acceptors (Lipinski definition) is 2. The minimum atomic E-state index is -0.253. The summed E-state index contributed by atoms with van der Waals surface area (Å²) < 4.78 is 0. The van der Waals surface area contributed by atoms with Crippen LogP contribution in [0.4, 0.5) is 0 Å². The number of amides is 2. The van der Waals surface area contributed by atoms with Crippen molar-refractivity contribution < 1.29 is 9.59 Å². The molecule has 4 heteroatoms. The molecule has 0 aromatic rings. The fraction of sp³-hybridized carbons (Fsp3) is 0.867. The molecule has 4 nitrogen and oxygen atoms in total. The van der Waals surface area contributed by atoms with Crippen molar-refractivity contribution in [3.8, 4) is 0 Å². The van der Waals surface area contributed by atoms with E-state index in [9.17, 15) is 9.59 Å². The summed E-state index contributed by atoms with van der Waals surface area (Å²) >= 11 is 0. The second-order valence-corrected chi connectivity index (χ2v) is 6.52. The molecular weight excluding hydrogens is 240 g/mol. The maximum atomic E-state index is 12.7. The molecule has 3 atom stereocenters. The molecule has 1 heterocycles. The molecule has 19 heavy (non-hydrogen) atoms. The Hall–Kier alpha value is -1.06. The monoisotopic (exact) mass is 264 g/mol. The Labute approximate surface area is 114 Å². The standard InChI is InChI=1S/C15H24N2O2/c1-3-12-14(18)16-13(11-6-7-11)15(19)17(12)9(2)8-10-4-5-10/h9-13H,3-8H2,1-2H3,(H,16,18). The van der Waals surface area contributed by atoms with Crippen LogP contribution in [0.3, 0.4) is 0 Å². The lowest BCUT2D eigenvalue weighted by Gasteiger charge is -2.42. The lowest BCUT2D eigenvalue weighted by atomic mass is 9.98. The van der Waals surface area contributed by atoms with E-state index in [0.29, 0.717) is 12.3 Å². The van der Waals surface area contributed by atoms with E-state index in [-0.39, 0.29) is 29.9 Å². The number of carbonyl (C=O) groups excluding carboxylic acids is 2. The van der Waals surface area contributed by atoms with Crippen molar-refractivity contribution in [1.82, 2.24) is 10.2 Å². The Morgan fingerprint density at radius 1 is 1.26 bits per heavy atom. The first kappa shape index (κ1) is 12.9. The summed E-state index contributed by atoms with van der Waals surface area (Å²) in [5, 5.41) is 2.95. The van der Waals surface area contributed by atoms with E-state index in [2.05, 4.69) is 12.2 Å². The van der Waals surface area contributed by atoms with Gasteiger partial charge in [-0.25, -0.2) is 0 Å². The molecule has 3 aliphatic rings. The molecule has 0 spiro atoms. The summed E-state index contributed by atoms with van der Waals surface area (Å²) in [6.07, 6.45) is 6.52. The van der Waals surface area contributed by atoms with Gasteiger partial charge in [-0.3, -0.25) is 9.59 Å². The lowest BCUT2D eigenvalue weighted by Crippen LogP contribution is -2.65. The van der Waals surface area contributed by atoms with Crippen LogP contribution in [-0.4, -0.2) is 34.8 Å². The first-order valence-corrected chi connectivity index (χ1v) is 7.74. The van der Waals surface area contributed by atoms with Gasteiger partial charge in [0.25, 0.3) is 0 Å². The van der Waals surface area contributed by atoms with Crippen molar-refractivity contribution in [3.63, 3.8) is 0 Å². The number of piperazine rings is 1. The van der Waals surface area contributed by atoms with Crippen molar-refractivity contribution in [2.75, 3.05) is 0 Å². The molecule has 1 saturated heterocycles. The topological polar surface area (TPSA) is 49.4 Å². The van der Waals surface area contributed by atoms with E-state index in [0.717, 1.165) is 25.2 Å². The maximum absolute atomic E-state index is 12.7. The Bertz CT molecular complexity index is 388. The fourth-order valence-corrected chi connectivity index (χ4v) is 3.36. The quantitative estimate of drug-likeness (QED) is 0.821. The van der Waals surface area contributed by atoms with Crippen LogP contribution in [0.5, 0.6) is 0 Å². The van der Waals surface area contributed by atoms with Crippen molar-refractivity contribution in [1.29, 1.82) is 0 Å². The third kappa shape index (κ3) is 2.49. The number of nitrogens with zero attached hydrogens (tertiary/aromatic N) is 1. The predicted octanol–water partition coefficient (Wildman–Crippen LogP) is 1.69. The highest BCUT2D eigenvalue weighted by Crippen LogP contribution is 2.38. The first-order chi connectivity index (χ1) is 9.11. The van der Waals surface area contributed by atoms with E-state index in [4.69, 9.17) is 0 Å². The largest absolute Gasteiger partial charge is 0.342 e. The van der Waals surface area contributed by atoms with Crippen LogP contribution in [0, 0.1) is 11.8 Å². The third-order valence-corrected chi connectivity index (χ3v) is 4.78. The molecule has 0 radical (unpaired) electrons. The van der Waals surface area contributed by atoms with Gasteiger partial charge in [0.1, 0.15) is 12.1 Å². The van der Waals surface area contributed by atoms with Gasteiger partial charge in [-0.15, -0.1) is 0 Å². The highest BCUT2D eigenvalue weighted by molar-refractivity contribution is 5.97. The average molecular weight is 264 g/mol. The molecule has 0 aromatic carbocycles. The Kier molecular flexibility index (Phi) is 3.27. The van der Waals surface area contributed by atoms with Gasteiger partial charge in [-0.05, 0) is 44.4 Å². The zero-order chi connectivity index (χ0) is 13.6. The van der Waals surface area contributed by atoms with Crippen molar-refractivity contribution in [2.45, 2.75) is 70.5 Å². The SMILES string of the molecule is CCC1C(=O)NC(C2CC2)C(=O)N1C(C)CC1CC1. The minimum Gasteiger partial charge on any atom is -0.342 e. The van der Waals surface area contributed by atoms with E-state index in [1.54, 1.807) is 0 Å². The second kappa shape index (κ2) is 4.80. The predicted molar refractivity (Wildman–Crippen MR) is 72.4 cm³/mol. The van der Waals surface area contributed by atoms with Crippen molar-refractivity contribution in [2.24, 2.45) is 11.8 Å². The van der Waals surface area contributed by atoms with E-state index in [1.807, 2.05) is 11.8 Å². The molecule has 2 aliphatic carbocycles. The second-order valence-electron chi connectivity index (χ2n) is 6.52. The minimum absolute atomic E-state index is 0.0571. The number of hydrogen-bond donors (Lipinski definition) is 1. The van der Waals surface area contributed by atoms with E-state index >= 15 is 0 Å². The third-order valence-electron chi connectivity index (χ3n) is 4.78.